The summed E-state index contributed by atoms with van der Waals surface area (Å²) in [6, 6.07) is 4.23. The molecule has 0 atom stereocenters. The van der Waals surface area contributed by atoms with Crippen LogP contribution in [0.2, 0.25) is 0 Å². The van der Waals surface area contributed by atoms with E-state index in [2.05, 4.69) is 19.9 Å². The van der Waals surface area contributed by atoms with Crippen molar-refractivity contribution in [2.75, 3.05) is 5.73 Å². The van der Waals surface area contributed by atoms with Gasteiger partial charge in [-0.05, 0) is 6.07 Å². The Morgan fingerprint density at radius 1 is 1.37 bits per heavy atom. The number of hydrogen-bond donors (Lipinski definition) is 2. The summed E-state index contributed by atoms with van der Waals surface area (Å²) in [5, 5.41) is 10.7. The number of nitro benzene ring substituents is 1. The molecule has 0 bridgehead atoms. The van der Waals surface area contributed by atoms with Gasteiger partial charge in [0, 0.05) is 23.4 Å². The van der Waals surface area contributed by atoms with Crippen LogP contribution < -0.4 is 5.73 Å². The van der Waals surface area contributed by atoms with Gasteiger partial charge in [-0.2, -0.15) is 0 Å². The number of imidazole rings is 1. The van der Waals surface area contributed by atoms with Gasteiger partial charge in [-0.15, -0.1) is 0 Å². The van der Waals surface area contributed by atoms with Crippen molar-refractivity contribution < 1.29 is 4.92 Å². The lowest BCUT2D eigenvalue weighted by Crippen LogP contribution is -1.94. The number of nitrogens with one attached hydrogen (secondary N) is 1. The van der Waals surface area contributed by atoms with Gasteiger partial charge in [0.15, 0.2) is 5.65 Å². The molecule has 2 heterocycles. The van der Waals surface area contributed by atoms with Crippen molar-refractivity contribution in [3.05, 3.63) is 40.8 Å². The van der Waals surface area contributed by atoms with Gasteiger partial charge < -0.3 is 10.7 Å². The number of nitrogens with zero attached hydrogens (tertiary/aromatic N) is 4. The molecule has 0 aliphatic carbocycles. The zero-order valence-corrected chi connectivity index (χ0v) is 9.57. The maximum Gasteiger partial charge on any atom is 0.271 e. The minimum Gasteiger partial charge on any atom is -0.398 e. The zero-order valence-electron chi connectivity index (χ0n) is 9.57. The summed E-state index contributed by atoms with van der Waals surface area (Å²) < 4.78 is 0. The van der Waals surface area contributed by atoms with Crippen molar-refractivity contribution in [3.8, 4) is 11.4 Å². The first-order chi connectivity index (χ1) is 9.15. The first kappa shape index (κ1) is 11.1. The molecule has 19 heavy (non-hydrogen) atoms. The van der Waals surface area contributed by atoms with E-state index in [1.54, 1.807) is 12.3 Å². The van der Waals surface area contributed by atoms with Gasteiger partial charge in [0.2, 0.25) is 0 Å². The van der Waals surface area contributed by atoms with Gasteiger partial charge in [-0.1, -0.05) is 0 Å². The van der Waals surface area contributed by atoms with Crippen LogP contribution in [0, 0.1) is 10.1 Å². The first-order valence-corrected chi connectivity index (χ1v) is 5.35. The molecule has 94 valence electrons. The Bertz CT molecular complexity index is 749. The third-order valence-electron chi connectivity index (χ3n) is 2.66. The van der Waals surface area contributed by atoms with E-state index in [0.29, 0.717) is 22.6 Å². The molecular weight excluding hydrogens is 248 g/mol. The number of rotatable bonds is 2. The fourth-order valence-corrected chi connectivity index (χ4v) is 1.77. The number of benzene rings is 1. The molecule has 3 aromatic rings. The topological polar surface area (TPSA) is 124 Å². The van der Waals surface area contributed by atoms with Crippen molar-refractivity contribution in [2.45, 2.75) is 0 Å². The molecule has 2 aromatic heterocycles. The molecule has 8 nitrogen and oxygen atoms in total. The highest BCUT2D eigenvalue weighted by Crippen LogP contribution is 2.28. The summed E-state index contributed by atoms with van der Waals surface area (Å²) in [5.41, 5.74) is 7.81. The smallest absolute Gasteiger partial charge is 0.271 e. The summed E-state index contributed by atoms with van der Waals surface area (Å²) in [5.74, 6) is 0.503. The number of nitro groups is 1. The molecule has 0 aliphatic rings. The normalized spacial score (nSPS) is 10.7. The molecule has 0 saturated heterocycles. The molecule has 0 radical (unpaired) electrons. The molecule has 0 amide bonds. The van der Waals surface area contributed by atoms with Crippen molar-refractivity contribution in [1.82, 2.24) is 19.9 Å². The number of aromatic amines is 1. The van der Waals surface area contributed by atoms with E-state index < -0.39 is 4.92 Å². The van der Waals surface area contributed by atoms with Crippen LogP contribution in [0.4, 0.5) is 11.4 Å². The molecule has 0 saturated carbocycles. The van der Waals surface area contributed by atoms with Crippen molar-refractivity contribution in [2.24, 2.45) is 0 Å². The Labute approximate surface area is 106 Å². The number of nitrogens with two attached hydrogens (primary N) is 1. The largest absolute Gasteiger partial charge is 0.398 e. The third-order valence-corrected chi connectivity index (χ3v) is 2.66. The summed E-state index contributed by atoms with van der Waals surface area (Å²) in [7, 11) is 0. The molecule has 8 heteroatoms. The lowest BCUT2D eigenvalue weighted by Gasteiger charge is -2.01. The highest BCUT2D eigenvalue weighted by Gasteiger charge is 2.13. The summed E-state index contributed by atoms with van der Waals surface area (Å²) in [4.78, 5) is 25.3. The predicted octanol–water partition coefficient (Wildman–Crippen LogP) is 1.51. The summed E-state index contributed by atoms with van der Waals surface area (Å²) in [6.07, 6.45) is 2.99. The van der Waals surface area contributed by atoms with Crippen LogP contribution in [0.3, 0.4) is 0 Å². The minimum atomic E-state index is -0.496. The SMILES string of the molecule is Nc1cc([N+](=O)[O-])ccc1-c1nc2ncncc2[nH]1. The fraction of sp³-hybridized carbons (Fsp3) is 0. The lowest BCUT2D eigenvalue weighted by atomic mass is 10.1. The predicted molar refractivity (Wildman–Crippen MR) is 68.2 cm³/mol. The van der Waals surface area contributed by atoms with Gasteiger partial charge in [0.25, 0.3) is 5.69 Å². The average Bonchev–Trinajstić information content (AvgIpc) is 2.81. The van der Waals surface area contributed by atoms with Crippen molar-refractivity contribution in [3.63, 3.8) is 0 Å². The van der Waals surface area contributed by atoms with E-state index >= 15 is 0 Å². The highest BCUT2D eigenvalue weighted by atomic mass is 16.6. The van der Waals surface area contributed by atoms with E-state index in [1.807, 2.05) is 0 Å². The number of anilines is 1. The summed E-state index contributed by atoms with van der Waals surface area (Å²) >= 11 is 0. The van der Waals surface area contributed by atoms with Crippen LogP contribution in [-0.2, 0) is 0 Å². The fourth-order valence-electron chi connectivity index (χ4n) is 1.77. The second-order valence-electron chi connectivity index (χ2n) is 3.87. The van der Waals surface area contributed by atoms with E-state index in [4.69, 9.17) is 5.73 Å². The molecule has 3 rings (SSSR count). The Hall–Kier alpha value is -3.03. The van der Waals surface area contributed by atoms with Crippen LogP contribution in [0.15, 0.2) is 30.7 Å². The first-order valence-electron chi connectivity index (χ1n) is 5.35. The van der Waals surface area contributed by atoms with Gasteiger partial charge in [0.05, 0.1) is 11.1 Å². The third kappa shape index (κ3) is 1.84. The number of aromatic nitrogens is 4. The molecule has 0 aliphatic heterocycles. The number of hydrogen-bond acceptors (Lipinski definition) is 6. The Morgan fingerprint density at radius 2 is 2.21 bits per heavy atom. The number of non-ortho nitro benzene ring substituents is 1. The molecular formula is C11H8N6O2. The Morgan fingerprint density at radius 3 is 2.89 bits per heavy atom. The van der Waals surface area contributed by atoms with Crippen LogP contribution in [0.5, 0.6) is 0 Å². The van der Waals surface area contributed by atoms with Crippen molar-refractivity contribution >= 4 is 22.5 Å². The quantitative estimate of drug-likeness (QED) is 0.407. The maximum absolute atomic E-state index is 10.7. The minimum absolute atomic E-state index is 0.0582. The molecule has 0 fully saturated rings. The van der Waals surface area contributed by atoms with Crippen molar-refractivity contribution in [1.29, 1.82) is 0 Å². The lowest BCUT2D eigenvalue weighted by molar-refractivity contribution is -0.384. The second-order valence-corrected chi connectivity index (χ2v) is 3.87. The highest BCUT2D eigenvalue weighted by molar-refractivity contribution is 5.80. The molecule has 1 aromatic carbocycles. The van der Waals surface area contributed by atoms with Crippen LogP contribution in [0.25, 0.3) is 22.6 Å². The van der Waals surface area contributed by atoms with Crippen LogP contribution in [-0.4, -0.2) is 24.9 Å². The molecule has 0 spiro atoms. The van der Waals surface area contributed by atoms with E-state index in [-0.39, 0.29) is 11.4 Å². The monoisotopic (exact) mass is 256 g/mol. The second kappa shape index (κ2) is 4.02. The molecule has 3 N–H and O–H groups in total. The Kier molecular flexibility index (Phi) is 2.34. The summed E-state index contributed by atoms with van der Waals surface area (Å²) in [6.45, 7) is 0. The van der Waals surface area contributed by atoms with Crippen LogP contribution in [0.1, 0.15) is 0 Å². The van der Waals surface area contributed by atoms with E-state index in [9.17, 15) is 10.1 Å². The standard InChI is InChI=1S/C11H8N6O2/c12-8-3-6(17(18)19)1-2-7(8)10-15-9-4-13-5-14-11(9)16-10/h1-5H,12H2,(H,13,14,15,16). The van der Waals surface area contributed by atoms with E-state index in [1.165, 1.54) is 18.5 Å². The van der Waals surface area contributed by atoms with Gasteiger partial charge >= 0.3 is 0 Å². The zero-order chi connectivity index (χ0) is 13.4. The Balaban J connectivity index is 2.13. The average molecular weight is 256 g/mol. The molecule has 0 unspecified atom stereocenters. The van der Waals surface area contributed by atoms with Gasteiger partial charge in [-0.25, -0.2) is 15.0 Å². The van der Waals surface area contributed by atoms with Gasteiger partial charge in [0.1, 0.15) is 17.7 Å². The number of H-pyrrole nitrogens is 1. The van der Waals surface area contributed by atoms with Crippen LogP contribution >= 0.6 is 0 Å². The number of fused-ring (bicyclic) bond motifs is 1. The maximum atomic E-state index is 10.7. The van der Waals surface area contributed by atoms with Gasteiger partial charge in [-0.3, -0.25) is 10.1 Å². The number of nitrogen functional groups attached to an aromatic ring is 1. The van der Waals surface area contributed by atoms with E-state index in [0.717, 1.165) is 0 Å².